The minimum atomic E-state index is 0.200. The topological polar surface area (TPSA) is 40.0 Å². The maximum absolute atomic E-state index is 6.08. The molecule has 0 spiro atoms. The summed E-state index contributed by atoms with van der Waals surface area (Å²) in [5.74, 6) is 1.23. The fourth-order valence-corrected chi connectivity index (χ4v) is 2.14. The van der Waals surface area contributed by atoms with Crippen molar-refractivity contribution in [2.24, 2.45) is 5.16 Å². The maximum atomic E-state index is 6.08. The molecule has 0 unspecified atom stereocenters. The van der Waals surface area contributed by atoms with Crippen molar-refractivity contribution in [3.05, 3.63) is 58.6 Å². The summed E-state index contributed by atoms with van der Waals surface area (Å²) in [4.78, 5) is 5.25. The third-order valence-electron chi connectivity index (χ3n) is 2.79. The third kappa shape index (κ3) is 2.86. The van der Waals surface area contributed by atoms with Crippen LogP contribution in [-0.2, 0) is 11.4 Å². The number of halogens is 1. The largest absolute Gasteiger partial charge is 0.454 e. The Labute approximate surface area is 121 Å². The molecule has 0 aliphatic carbocycles. The van der Waals surface area contributed by atoms with Gasteiger partial charge in [-0.2, -0.15) is 0 Å². The molecule has 1 aliphatic heterocycles. The predicted octanol–water partition coefficient (Wildman–Crippen LogP) is 3.62. The number of hydrogen-bond donors (Lipinski definition) is 0. The molecule has 1 aliphatic rings. The number of fused-ring (bicyclic) bond motifs is 1. The van der Waals surface area contributed by atoms with E-state index in [9.17, 15) is 0 Å². The molecule has 5 heteroatoms. The lowest BCUT2D eigenvalue weighted by molar-refractivity contribution is 0.132. The van der Waals surface area contributed by atoms with Gasteiger partial charge in [0.15, 0.2) is 11.5 Å². The first kappa shape index (κ1) is 12.8. The van der Waals surface area contributed by atoms with Gasteiger partial charge >= 0.3 is 0 Å². The molecule has 4 nitrogen and oxygen atoms in total. The molecule has 0 saturated carbocycles. The quantitative estimate of drug-likeness (QED) is 0.637. The van der Waals surface area contributed by atoms with E-state index in [0.29, 0.717) is 23.1 Å². The van der Waals surface area contributed by atoms with Crippen LogP contribution in [0.15, 0.2) is 47.6 Å². The Kier molecular flexibility index (Phi) is 3.74. The van der Waals surface area contributed by atoms with E-state index in [1.807, 2.05) is 36.4 Å². The summed E-state index contributed by atoms with van der Waals surface area (Å²) in [6, 6.07) is 13.4. The van der Waals surface area contributed by atoms with Gasteiger partial charge in [0.1, 0.15) is 6.61 Å². The van der Waals surface area contributed by atoms with Crippen molar-refractivity contribution >= 4 is 17.8 Å². The van der Waals surface area contributed by atoms with Gasteiger partial charge in [0.25, 0.3) is 0 Å². The summed E-state index contributed by atoms with van der Waals surface area (Å²) < 4.78 is 10.5. The average molecular weight is 290 g/mol. The maximum Gasteiger partial charge on any atom is 0.231 e. The molecule has 102 valence electrons. The number of oxime groups is 1. The molecule has 20 heavy (non-hydrogen) atoms. The highest BCUT2D eigenvalue weighted by molar-refractivity contribution is 6.32. The van der Waals surface area contributed by atoms with Gasteiger partial charge in [0.05, 0.1) is 11.2 Å². The fraction of sp³-hybridized carbons (Fsp3) is 0.133. The zero-order chi connectivity index (χ0) is 13.8. The Morgan fingerprint density at radius 3 is 2.90 bits per heavy atom. The number of rotatable bonds is 4. The van der Waals surface area contributed by atoms with Gasteiger partial charge in [0, 0.05) is 0 Å². The second-order valence-corrected chi connectivity index (χ2v) is 4.64. The van der Waals surface area contributed by atoms with Crippen LogP contribution in [0.4, 0.5) is 0 Å². The van der Waals surface area contributed by atoms with Gasteiger partial charge in [-0.15, -0.1) is 0 Å². The molecular weight excluding hydrogens is 278 g/mol. The molecule has 1 heterocycles. The monoisotopic (exact) mass is 289 g/mol. The standard InChI is InChI=1S/C15H12ClNO3/c16-13-6-12(7-14-15(13)19-10-18-14)9-20-17-8-11-4-2-1-3-5-11/h1-8H,9-10H2. The summed E-state index contributed by atoms with van der Waals surface area (Å²) in [6.45, 7) is 0.519. The Morgan fingerprint density at radius 1 is 1.20 bits per heavy atom. The van der Waals surface area contributed by atoms with Crippen molar-refractivity contribution in [1.82, 2.24) is 0 Å². The molecule has 0 aromatic heterocycles. The molecule has 2 aromatic rings. The van der Waals surface area contributed by atoms with Crippen molar-refractivity contribution in [2.75, 3.05) is 6.79 Å². The van der Waals surface area contributed by atoms with Gasteiger partial charge < -0.3 is 14.3 Å². The highest BCUT2D eigenvalue weighted by atomic mass is 35.5. The SMILES string of the molecule is Clc1cc(CON=Cc2ccccc2)cc2c1OCO2. The Bertz CT molecular complexity index is 629. The zero-order valence-electron chi connectivity index (χ0n) is 10.6. The van der Waals surface area contributed by atoms with E-state index in [-0.39, 0.29) is 6.79 Å². The molecule has 3 rings (SSSR count). The van der Waals surface area contributed by atoms with E-state index < -0.39 is 0 Å². The first-order valence-corrected chi connectivity index (χ1v) is 6.49. The normalized spacial score (nSPS) is 12.8. The first-order chi connectivity index (χ1) is 9.83. The molecule has 0 radical (unpaired) electrons. The van der Waals surface area contributed by atoms with E-state index in [0.717, 1.165) is 11.1 Å². The molecule has 0 N–H and O–H groups in total. The fourth-order valence-electron chi connectivity index (χ4n) is 1.85. The van der Waals surface area contributed by atoms with Crippen LogP contribution < -0.4 is 9.47 Å². The Balaban J connectivity index is 1.62. The third-order valence-corrected chi connectivity index (χ3v) is 3.07. The van der Waals surface area contributed by atoms with Crippen LogP contribution in [0.3, 0.4) is 0 Å². The molecule has 0 bridgehead atoms. The van der Waals surface area contributed by atoms with Crippen LogP contribution in [-0.4, -0.2) is 13.0 Å². The van der Waals surface area contributed by atoms with E-state index in [1.165, 1.54) is 0 Å². The van der Waals surface area contributed by atoms with Crippen LogP contribution in [0.25, 0.3) is 0 Å². The molecular formula is C15H12ClNO3. The van der Waals surface area contributed by atoms with Crippen LogP contribution in [0.2, 0.25) is 5.02 Å². The number of ether oxygens (including phenoxy) is 2. The molecule has 2 aromatic carbocycles. The molecule has 0 fully saturated rings. The van der Waals surface area contributed by atoms with Crippen LogP contribution >= 0.6 is 11.6 Å². The summed E-state index contributed by atoms with van der Waals surface area (Å²) >= 11 is 6.08. The van der Waals surface area contributed by atoms with Gasteiger partial charge in [-0.25, -0.2) is 0 Å². The molecule has 0 saturated heterocycles. The lowest BCUT2D eigenvalue weighted by atomic mass is 10.2. The summed E-state index contributed by atoms with van der Waals surface area (Å²) in [5.41, 5.74) is 1.86. The summed E-state index contributed by atoms with van der Waals surface area (Å²) in [7, 11) is 0. The minimum Gasteiger partial charge on any atom is -0.454 e. The van der Waals surface area contributed by atoms with Crippen molar-refractivity contribution < 1.29 is 14.3 Å². The van der Waals surface area contributed by atoms with E-state index in [4.69, 9.17) is 25.9 Å². The Morgan fingerprint density at radius 2 is 2.05 bits per heavy atom. The van der Waals surface area contributed by atoms with Crippen LogP contribution in [0, 0.1) is 0 Å². The molecule has 0 atom stereocenters. The van der Waals surface area contributed by atoms with E-state index >= 15 is 0 Å². The van der Waals surface area contributed by atoms with E-state index in [1.54, 1.807) is 12.3 Å². The molecule has 0 amide bonds. The predicted molar refractivity (Wildman–Crippen MR) is 76.4 cm³/mol. The van der Waals surface area contributed by atoms with Crippen molar-refractivity contribution in [3.8, 4) is 11.5 Å². The number of hydrogen-bond acceptors (Lipinski definition) is 4. The van der Waals surface area contributed by atoms with Gasteiger partial charge in [-0.3, -0.25) is 0 Å². The highest BCUT2D eigenvalue weighted by Crippen LogP contribution is 2.39. The number of nitrogens with zero attached hydrogens (tertiary/aromatic N) is 1. The van der Waals surface area contributed by atoms with Gasteiger partial charge in [0.2, 0.25) is 6.79 Å². The van der Waals surface area contributed by atoms with Crippen molar-refractivity contribution in [3.63, 3.8) is 0 Å². The summed E-state index contributed by atoms with van der Waals surface area (Å²) in [6.07, 6.45) is 1.66. The summed E-state index contributed by atoms with van der Waals surface area (Å²) in [5, 5.41) is 4.44. The lowest BCUT2D eigenvalue weighted by Crippen LogP contribution is -1.93. The van der Waals surface area contributed by atoms with Gasteiger partial charge in [-0.1, -0.05) is 47.1 Å². The lowest BCUT2D eigenvalue weighted by Gasteiger charge is -2.04. The smallest absolute Gasteiger partial charge is 0.231 e. The van der Waals surface area contributed by atoms with Gasteiger partial charge in [-0.05, 0) is 23.3 Å². The van der Waals surface area contributed by atoms with Crippen molar-refractivity contribution in [1.29, 1.82) is 0 Å². The second kappa shape index (κ2) is 5.84. The number of benzene rings is 2. The minimum absolute atomic E-state index is 0.200. The highest BCUT2D eigenvalue weighted by Gasteiger charge is 2.18. The van der Waals surface area contributed by atoms with Crippen LogP contribution in [0.1, 0.15) is 11.1 Å². The van der Waals surface area contributed by atoms with E-state index in [2.05, 4.69) is 5.16 Å². The second-order valence-electron chi connectivity index (χ2n) is 4.23. The first-order valence-electron chi connectivity index (χ1n) is 6.11. The Hall–Kier alpha value is -2.20. The van der Waals surface area contributed by atoms with Crippen molar-refractivity contribution in [2.45, 2.75) is 6.61 Å². The average Bonchev–Trinajstić information content (AvgIpc) is 2.94. The van der Waals surface area contributed by atoms with Crippen LogP contribution in [0.5, 0.6) is 11.5 Å². The zero-order valence-corrected chi connectivity index (χ0v) is 11.3.